The molecule has 0 saturated carbocycles. The normalized spacial score (nSPS) is 15.3. The summed E-state index contributed by atoms with van der Waals surface area (Å²) in [5, 5.41) is 14.8. The first-order valence-corrected chi connectivity index (χ1v) is 7.33. The number of aryl methyl sites for hydroxylation is 1. The molecule has 1 aromatic carbocycles. The number of primary amides is 1. The summed E-state index contributed by atoms with van der Waals surface area (Å²) in [6.07, 6.45) is 1.81. The first-order chi connectivity index (χ1) is 10.8. The monoisotopic (exact) mass is 322 g/mol. The summed E-state index contributed by atoms with van der Waals surface area (Å²) in [6.45, 7) is 5.04. The number of nitrogens with two attached hydrogens (primary N) is 1. The molecule has 0 unspecified atom stereocenters. The lowest BCUT2D eigenvalue weighted by Crippen LogP contribution is -2.38. The zero-order valence-corrected chi connectivity index (χ0v) is 13.1. The van der Waals surface area contributed by atoms with Crippen LogP contribution in [-0.2, 0) is 20.9 Å². The van der Waals surface area contributed by atoms with Gasteiger partial charge in [0, 0.05) is 12.5 Å². The van der Waals surface area contributed by atoms with Gasteiger partial charge in [-0.2, -0.15) is 0 Å². The van der Waals surface area contributed by atoms with Crippen LogP contribution in [0.25, 0.3) is 0 Å². The molecule has 1 amide bonds. The predicted molar refractivity (Wildman–Crippen MR) is 83.6 cm³/mol. The Labute approximate surface area is 134 Å². The summed E-state index contributed by atoms with van der Waals surface area (Å²) < 4.78 is 0. The average molecular weight is 322 g/mol. The van der Waals surface area contributed by atoms with Gasteiger partial charge in [0.05, 0.1) is 0 Å². The van der Waals surface area contributed by atoms with E-state index >= 15 is 0 Å². The molecule has 2 rings (SSSR count). The van der Waals surface area contributed by atoms with Crippen LogP contribution >= 0.6 is 0 Å². The molecule has 1 aliphatic heterocycles. The fraction of sp³-hybridized carbons (Fsp3) is 0.438. The molecule has 4 N–H and O–H groups in total. The number of carbonyl (C=O) groups is 3. The van der Waals surface area contributed by atoms with Crippen LogP contribution < -0.4 is 5.73 Å². The number of nitrogens with zero attached hydrogens (tertiary/aromatic N) is 1. The molecule has 1 saturated heterocycles. The second kappa shape index (κ2) is 8.89. The van der Waals surface area contributed by atoms with Gasteiger partial charge in [-0.05, 0) is 38.4 Å². The van der Waals surface area contributed by atoms with Gasteiger partial charge in [-0.1, -0.05) is 29.8 Å². The van der Waals surface area contributed by atoms with Gasteiger partial charge in [-0.25, -0.2) is 9.59 Å². The second-order valence-electron chi connectivity index (χ2n) is 5.55. The number of likely N-dealkylation sites (tertiary alicyclic amines) is 1. The van der Waals surface area contributed by atoms with Crippen LogP contribution in [0.2, 0.25) is 0 Å². The molecule has 0 radical (unpaired) electrons. The fourth-order valence-corrected chi connectivity index (χ4v) is 2.44. The summed E-state index contributed by atoms with van der Waals surface area (Å²) in [6, 6.07) is 8.59. The molecule has 1 aliphatic rings. The number of benzene rings is 1. The van der Waals surface area contributed by atoms with Crippen LogP contribution in [0.4, 0.5) is 0 Å². The van der Waals surface area contributed by atoms with Crippen molar-refractivity contribution in [3.63, 3.8) is 0 Å². The van der Waals surface area contributed by atoms with E-state index in [0.29, 0.717) is 0 Å². The van der Waals surface area contributed by atoms with Crippen LogP contribution in [0.5, 0.6) is 0 Å². The van der Waals surface area contributed by atoms with Gasteiger partial charge in [0.2, 0.25) is 5.91 Å². The number of carbonyl (C=O) groups excluding carboxylic acids is 1. The van der Waals surface area contributed by atoms with E-state index < -0.39 is 11.9 Å². The van der Waals surface area contributed by atoms with Gasteiger partial charge in [0.15, 0.2) is 0 Å². The standard InChI is InChI=1S/C14H20N2O.C2H2O4/c1-11-3-2-4-12(9-11)10-16-7-5-13(6-8-16)14(15)17;3-1(4)2(5)6/h2-4,9,13H,5-8,10H2,1H3,(H2,15,17);(H,3,4)(H,5,6). The Balaban J connectivity index is 0.000000379. The van der Waals surface area contributed by atoms with E-state index in [9.17, 15) is 4.79 Å². The zero-order valence-electron chi connectivity index (χ0n) is 13.1. The molecular formula is C16H22N2O5. The van der Waals surface area contributed by atoms with Crippen LogP contribution in [0.1, 0.15) is 24.0 Å². The first-order valence-electron chi connectivity index (χ1n) is 7.33. The molecule has 0 aromatic heterocycles. The molecule has 0 bridgehead atoms. The SMILES string of the molecule is Cc1cccc(CN2CCC(C(N)=O)CC2)c1.O=C(O)C(=O)O. The third kappa shape index (κ3) is 6.92. The maximum atomic E-state index is 11.1. The molecule has 1 heterocycles. The number of hydrogen-bond donors (Lipinski definition) is 3. The topological polar surface area (TPSA) is 121 Å². The Bertz CT molecular complexity index is 553. The minimum Gasteiger partial charge on any atom is -0.473 e. The van der Waals surface area contributed by atoms with Gasteiger partial charge in [-0.3, -0.25) is 9.69 Å². The van der Waals surface area contributed by atoms with Crippen molar-refractivity contribution >= 4 is 17.8 Å². The number of rotatable bonds is 3. The molecule has 7 heteroatoms. The van der Waals surface area contributed by atoms with Crippen LogP contribution in [0, 0.1) is 12.8 Å². The minimum absolute atomic E-state index is 0.0868. The van der Waals surface area contributed by atoms with Crippen LogP contribution in [0.15, 0.2) is 24.3 Å². The van der Waals surface area contributed by atoms with E-state index in [0.717, 1.165) is 32.5 Å². The number of carboxylic acids is 2. The zero-order chi connectivity index (χ0) is 17.4. The van der Waals surface area contributed by atoms with E-state index in [1.165, 1.54) is 11.1 Å². The van der Waals surface area contributed by atoms with E-state index in [-0.39, 0.29) is 11.8 Å². The van der Waals surface area contributed by atoms with Crippen molar-refractivity contribution in [2.24, 2.45) is 11.7 Å². The van der Waals surface area contributed by atoms with E-state index in [2.05, 4.69) is 36.1 Å². The number of carboxylic acid groups (broad SMARTS) is 2. The largest absolute Gasteiger partial charge is 0.473 e. The first kappa shape index (κ1) is 18.6. The maximum Gasteiger partial charge on any atom is 0.414 e. The summed E-state index contributed by atoms with van der Waals surface area (Å²) in [4.78, 5) is 31.7. The molecule has 0 atom stereocenters. The van der Waals surface area contributed by atoms with Crippen molar-refractivity contribution in [1.82, 2.24) is 4.90 Å². The van der Waals surface area contributed by atoms with Gasteiger partial charge in [0.1, 0.15) is 0 Å². The van der Waals surface area contributed by atoms with Crippen LogP contribution in [-0.4, -0.2) is 46.0 Å². The smallest absolute Gasteiger partial charge is 0.414 e. The van der Waals surface area contributed by atoms with Crippen LogP contribution in [0.3, 0.4) is 0 Å². The van der Waals surface area contributed by atoms with Crippen molar-refractivity contribution in [1.29, 1.82) is 0 Å². The summed E-state index contributed by atoms with van der Waals surface area (Å²) in [5.41, 5.74) is 7.98. The third-order valence-electron chi connectivity index (χ3n) is 3.66. The Morgan fingerprint density at radius 1 is 1.17 bits per heavy atom. The number of aliphatic carboxylic acids is 2. The van der Waals surface area contributed by atoms with E-state index in [1.807, 2.05) is 0 Å². The van der Waals surface area contributed by atoms with Crippen molar-refractivity contribution in [3.05, 3.63) is 35.4 Å². The highest BCUT2D eigenvalue weighted by Crippen LogP contribution is 2.18. The molecule has 23 heavy (non-hydrogen) atoms. The summed E-state index contributed by atoms with van der Waals surface area (Å²) >= 11 is 0. The Morgan fingerprint density at radius 2 is 1.74 bits per heavy atom. The molecule has 7 nitrogen and oxygen atoms in total. The lowest BCUT2D eigenvalue weighted by molar-refractivity contribution is -0.159. The van der Waals surface area contributed by atoms with Gasteiger partial charge < -0.3 is 15.9 Å². The Kier molecular flexibility index (Phi) is 7.21. The quantitative estimate of drug-likeness (QED) is 0.709. The van der Waals surface area contributed by atoms with E-state index in [1.54, 1.807) is 0 Å². The highest BCUT2D eigenvalue weighted by Gasteiger charge is 2.22. The highest BCUT2D eigenvalue weighted by atomic mass is 16.4. The number of hydrogen-bond acceptors (Lipinski definition) is 4. The summed E-state index contributed by atoms with van der Waals surface area (Å²) in [7, 11) is 0. The fourth-order valence-electron chi connectivity index (χ4n) is 2.44. The number of piperidine rings is 1. The number of amides is 1. The van der Waals surface area contributed by atoms with Crippen molar-refractivity contribution < 1.29 is 24.6 Å². The van der Waals surface area contributed by atoms with E-state index in [4.69, 9.17) is 25.5 Å². The van der Waals surface area contributed by atoms with Gasteiger partial charge in [0.25, 0.3) is 0 Å². The predicted octanol–water partition coefficient (Wildman–Crippen LogP) is 0.848. The molecule has 1 fully saturated rings. The molecule has 0 spiro atoms. The second-order valence-corrected chi connectivity index (χ2v) is 5.55. The lowest BCUT2D eigenvalue weighted by atomic mass is 9.96. The highest BCUT2D eigenvalue weighted by molar-refractivity contribution is 6.27. The van der Waals surface area contributed by atoms with Crippen molar-refractivity contribution in [2.75, 3.05) is 13.1 Å². The average Bonchev–Trinajstić information content (AvgIpc) is 2.48. The third-order valence-corrected chi connectivity index (χ3v) is 3.66. The lowest BCUT2D eigenvalue weighted by Gasteiger charge is -2.30. The van der Waals surface area contributed by atoms with Crippen molar-refractivity contribution in [2.45, 2.75) is 26.3 Å². The maximum absolute atomic E-state index is 11.1. The molecular weight excluding hydrogens is 300 g/mol. The minimum atomic E-state index is -1.82. The van der Waals surface area contributed by atoms with Gasteiger partial charge >= 0.3 is 11.9 Å². The van der Waals surface area contributed by atoms with Crippen molar-refractivity contribution in [3.8, 4) is 0 Å². The summed E-state index contributed by atoms with van der Waals surface area (Å²) in [5.74, 6) is -3.70. The Hall–Kier alpha value is -2.41. The molecule has 0 aliphatic carbocycles. The Morgan fingerprint density at radius 3 is 2.17 bits per heavy atom. The van der Waals surface area contributed by atoms with Gasteiger partial charge in [-0.15, -0.1) is 0 Å². The molecule has 1 aromatic rings. The molecule has 126 valence electrons.